The molecule has 4 N–H and O–H groups in total. The molecule has 7 rings (SSSR count). The van der Waals surface area contributed by atoms with Crippen molar-refractivity contribution in [1.82, 2.24) is 20.4 Å². The first kappa shape index (κ1) is 39.0. The summed E-state index contributed by atoms with van der Waals surface area (Å²) in [6, 6.07) is 10.7. The molecular formula is C39H45AcN5O8. The van der Waals surface area contributed by atoms with Gasteiger partial charge in [-0.3, -0.25) is 14.6 Å². The number of ether oxygens (including phenoxy) is 4. The average Bonchev–Trinajstić information content (AvgIpc) is 3.62. The monoisotopic (exact) mass is 938 g/mol. The predicted molar refractivity (Wildman–Crippen MR) is 189 cm³/mol. The zero-order valence-electron chi connectivity index (χ0n) is 30.8. The number of nitrogens with zero attached hydrogens (tertiary/aromatic N) is 3. The van der Waals surface area contributed by atoms with Crippen molar-refractivity contribution in [3.8, 4) is 34.8 Å². The van der Waals surface area contributed by atoms with Crippen LogP contribution in [0.4, 0.5) is 4.79 Å². The van der Waals surface area contributed by atoms with Gasteiger partial charge in [0.1, 0.15) is 24.4 Å². The van der Waals surface area contributed by atoms with Gasteiger partial charge in [-0.05, 0) is 56.3 Å². The molecule has 1 fully saturated rings. The van der Waals surface area contributed by atoms with Gasteiger partial charge >= 0.3 is 6.09 Å². The Balaban J connectivity index is 0.00000481. The number of aryl methyl sites for hydroxylation is 1. The molecule has 1 radical (unpaired) electrons. The van der Waals surface area contributed by atoms with E-state index in [1.807, 2.05) is 64.2 Å². The number of fused-ring (bicyclic) bond motifs is 9. The summed E-state index contributed by atoms with van der Waals surface area (Å²) >= 11 is 0. The van der Waals surface area contributed by atoms with Crippen LogP contribution in [-0.4, -0.2) is 83.7 Å². The van der Waals surface area contributed by atoms with Crippen LogP contribution in [0.2, 0.25) is 0 Å². The standard InChI is InChI=1S/C39H45N5O8.Ac/c1-19(2)31(42-39(48)50-17-22-10-8-7-9-11-22)38(47)41-16-28-30-24(33(45)21(4)36-37(30)52-18-51-36)14-26-32-29-23(12-20(3)35(49-6)34(29)46)13-25(43(32)5)27(15-40)44(26)28;/h7-12,19,25-28,31-32,45-46H,13-14,16-18H2,1-6H3,(H,41,47)(H,42,48);/t25-,26?,27-,28-,31-,32-;/m0./s1. The van der Waals surface area contributed by atoms with Crippen molar-refractivity contribution in [3.63, 3.8) is 0 Å². The summed E-state index contributed by atoms with van der Waals surface area (Å²) in [6.07, 6.45) is 0.127. The Morgan fingerprint density at radius 2 is 1.77 bits per heavy atom. The van der Waals surface area contributed by atoms with E-state index >= 15 is 0 Å². The van der Waals surface area contributed by atoms with Gasteiger partial charge in [-0.15, -0.1) is 0 Å². The normalized spacial score (nSPS) is 23.0. The van der Waals surface area contributed by atoms with Crippen molar-refractivity contribution in [2.24, 2.45) is 5.92 Å². The third-order valence-corrected chi connectivity index (χ3v) is 11.2. The summed E-state index contributed by atoms with van der Waals surface area (Å²) in [5, 5.41) is 40.1. The second kappa shape index (κ2) is 15.5. The number of phenols is 2. The first-order chi connectivity index (χ1) is 25.0. The molecule has 277 valence electrons. The summed E-state index contributed by atoms with van der Waals surface area (Å²) in [5.74, 6) is 0.735. The van der Waals surface area contributed by atoms with Crippen molar-refractivity contribution in [1.29, 1.82) is 5.26 Å². The molecule has 0 saturated carbocycles. The van der Waals surface area contributed by atoms with Gasteiger partial charge < -0.3 is 39.8 Å². The number of nitriles is 1. The maximum Gasteiger partial charge on any atom is 0.408 e. The molecule has 4 aliphatic rings. The minimum Gasteiger partial charge on any atom is -0.507 e. The Labute approximate surface area is 345 Å². The number of piperazine rings is 1. The first-order valence-electron chi connectivity index (χ1n) is 17.6. The van der Waals surface area contributed by atoms with E-state index in [1.165, 1.54) is 7.11 Å². The van der Waals surface area contributed by atoms with E-state index in [2.05, 4.69) is 26.5 Å². The number of rotatable bonds is 8. The van der Waals surface area contributed by atoms with E-state index in [4.69, 9.17) is 18.9 Å². The maximum absolute atomic E-state index is 13.9. The van der Waals surface area contributed by atoms with Crippen molar-refractivity contribution < 1.29 is 82.8 Å². The largest absolute Gasteiger partial charge is 0.507 e. The Hall–Kier alpha value is -3.75. The van der Waals surface area contributed by atoms with Crippen molar-refractivity contribution in [2.45, 2.75) is 83.4 Å². The van der Waals surface area contributed by atoms with Crippen LogP contribution in [0.25, 0.3) is 0 Å². The van der Waals surface area contributed by atoms with Crippen molar-refractivity contribution in [2.75, 3.05) is 27.5 Å². The minimum absolute atomic E-state index is 0. The van der Waals surface area contributed by atoms with Crippen molar-refractivity contribution >= 4 is 12.0 Å². The number of amides is 2. The molecule has 6 atom stereocenters. The second-order valence-corrected chi connectivity index (χ2v) is 14.4. The number of likely N-dealkylation sites (N-methyl/N-ethyl adjacent to an activating group) is 1. The van der Waals surface area contributed by atoms with E-state index in [-0.39, 0.29) is 93.5 Å². The zero-order valence-corrected chi connectivity index (χ0v) is 35.5. The van der Waals surface area contributed by atoms with Gasteiger partial charge in [-0.1, -0.05) is 50.2 Å². The Morgan fingerprint density at radius 1 is 1.06 bits per heavy atom. The summed E-state index contributed by atoms with van der Waals surface area (Å²) < 4.78 is 22.9. The molecular weight excluding hydrogens is 893 g/mol. The molecule has 4 aliphatic heterocycles. The maximum atomic E-state index is 13.9. The van der Waals surface area contributed by atoms with Crippen LogP contribution >= 0.6 is 0 Å². The van der Waals surface area contributed by atoms with Crippen LogP contribution in [-0.2, 0) is 29.0 Å². The Bertz CT molecular complexity index is 1950. The predicted octanol–water partition coefficient (Wildman–Crippen LogP) is 4.29. The van der Waals surface area contributed by atoms with Gasteiger partial charge in [-0.25, -0.2) is 4.79 Å². The molecule has 1 saturated heterocycles. The van der Waals surface area contributed by atoms with Gasteiger partial charge in [0.05, 0.1) is 25.3 Å². The van der Waals surface area contributed by atoms with Crippen LogP contribution in [0, 0.1) is 75.2 Å². The number of aromatic hydroxyl groups is 2. The fraction of sp³-hybridized carbons (Fsp3) is 0.462. The number of hydrogen-bond acceptors (Lipinski definition) is 11. The van der Waals surface area contributed by atoms with Gasteiger partial charge in [0.2, 0.25) is 12.7 Å². The summed E-state index contributed by atoms with van der Waals surface area (Å²) in [7, 11) is 3.50. The van der Waals surface area contributed by atoms with Crippen LogP contribution in [0.5, 0.6) is 28.7 Å². The van der Waals surface area contributed by atoms with Crippen LogP contribution in [0.15, 0.2) is 36.4 Å². The molecule has 3 aromatic carbocycles. The number of carbonyl (C=O) groups excluding carboxylic acids is 2. The van der Waals surface area contributed by atoms with Gasteiger partial charge in [0.15, 0.2) is 23.0 Å². The first-order valence-corrected chi connectivity index (χ1v) is 17.6. The van der Waals surface area contributed by atoms with Gasteiger partial charge in [0.25, 0.3) is 0 Å². The van der Waals surface area contributed by atoms with E-state index in [0.717, 1.165) is 22.3 Å². The number of benzene rings is 3. The molecule has 1 unspecified atom stereocenters. The van der Waals surface area contributed by atoms with E-state index in [0.29, 0.717) is 46.8 Å². The molecule has 4 heterocycles. The number of hydrogen-bond donors (Lipinski definition) is 4. The fourth-order valence-electron chi connectivity index (χ4n) is 8.78. The molecule has 2 bridgehead atoms. The number of carbonyl (C=O) groups is 2. The average molecular weight is 939 g/mol. The third-order valence-electron chi connectivity index (χ3n) is 11.2. The molecule has 13 nitrogen and oxygen atoms in total. The van der Waals surface area contributed by atoms with E-state index < -0.39 is 36.2 Å². The third kappa shape index (κ3) is 6.69. The van der Waals surface area contributed by atoms with Crippen LogP contribution in [0.3, 0.4) is 0 Å². The number of alkyl carbamates (subject to hydrolysis) is 1. The van der Waals surface area contributed by atoms with Gasteiger partial charge in [-0.2, -0.15) is 5.26 Å². The molecule has 2 amide bonds. The second-order valence-electron chi connectivity index (χ2n) is 14.4. The molecule has 14 heteroatoms. The van der Waals surface area contributed by atoms with Crippen LogP contribution < -0.4 is 24.8 Å². The number of phenolic OH excluding ortho intramolecular Hbond substituents is 2. The minimum atomic E-state index is -0.919. The Kier molecular flexibility index (Phi) is 11.4. The summed E-state index contributed by atoms with van der Waals surface area (Å²) in [5.41, 5.74) is 5.14. The Morgan fingerprint density at radius 3 is 2.45 bits per heavy atom. The number of methoxy groups -OCH3 is 1. The SMILES string of the molecule is COc1c(C)cc2c(c1O)[C@@H]1C3Cc4c(O)c(C)c5c(c4[C@H](CNC(=O)[C@@H](NC(=O)OCc4ccccc4)C(C)C)N3[C@@H](C#N)[C@H](C2)N1C)OCO5.[Ac]. The fourth-order valence-corrected chi connectivity index (χ4v) is 8.78. The molecule has 0 spiro atoms. The van der Waals surface area contributed by atoms with Crippen LogP contribution in [0.1, 0.15) is 64.9 Å². The summed E-state index contributed by atoms with van der Waals surface area (Å²) in [4.78, 5) is 31.1. The molecule has 3 aromatic rings. The smallest absolute Gasteiger partial charge is 0.408 e. The quantitative estimate of drug-likeness (QED) is 0.255. The number of nitrogens with one attached hydrogen (secondary N) is 2. The zero-order chi connectivity index (χ0) is 37.0. The summed E-state index contributed by atoms with van der Waals surface area (Å²) in [6.45, 7) is 7.39. The molecule has 53 heavy (non-hydrogen) atoms. The van der Waals surface area contributed by atoms with E-state index in [9.17, 15) is 25.1 Å². The van der Waals surface area contributed by atoms with Gasteiger partial charge in [0, 0.05) is 84.9 Å². The topological polar surface area (TPSA) is 166 Å². The molecule has 0 aromatic heterocycles. The molecule has 0 aliphatic carbocycles. The van der Waals surface area contributed by atoms with E-state index in [1.54, 1.807) is 6.92 Å². The van der Waals surface area contributed by atoms with Crippen molar-refractivity contribution in [3.05, 3.63) is 75.3 Å².